The standard InChI is InChI=1S/C21H27FN4O2/c1-25(2)12-17-13-26(11-15-6-8-23-9-7-15)14-19(17)24-21(27)16-4-5-20(28-3)18(22)10-16/h4-10,17,19H,11-14H2,1-3H3,(H,24,27)/t17-,19-/m1/s1. The van der Waals surface area contributed by atoms with Crippen LogP contribution in [-0.4, -0.2) is 67.6 Å². The number of carbonyl (C=O) groups excluding carboxylic acids is 1. The predicted molar refractivity (Wildman–Crippen MR) is 106 cm³/mol. The molecule has 1 amide bonds. The van der Waals surface area contributed by atoms with Crippen LogP contribution in [0.15, 0.2) is 42.7 Å². The van der Waals surface area contributed by atoms with Crippen molar-refractivity contribution >= 4 is 5.91 Å². The smallest absolute Gasteiger partial charge is 0.251 e. The molecule has 0 saturated carbocycles. The van der Waals surface area contributed by atoms with E-state index in [9.17, 15) is 9.18 Å². The third kappa shape index (κ3) is 5.05. The molecule has 1 fully saturated rings. The number of nitrogens with one attached hydrogen (secondary N) is 1. The number of ether oxygens (including phenoxy) is 1. The molecule has 0 unspecified atom stereocenters. The van der Waals surface area contributed by atoms with Gasteiger partial charge in [-0.05, 0) is 50.0 Å². The van der Waals surface area contributed by atoms with Gasteiger partial charge in [0.1, 0.15) is 0 Å². The normalized spacial score (nSPS) is 19.8. The van der Waals surface area contributed by atoms with E-state index in [1.54, 1.807) is 18.5 Å². The first kappa shape index (κ1) is 20.2. The Bertz CT molecular complexity index is 800. The monoisotopic (exact) mass is 386 g/mol. The Labute approximate surface area is 165 Å². The number of hydrogen-bond donors (Lipinski definition) is 1. The van der Waals surface area contributed by atoms with Crippen LogP contribution >= 0.6 is 0 Å². The van der Waals surface area contributed by atoms with Crippen LogP contribution in [0.2, 0.25) is 0 Å². The zero-order chi connectivity index (χ0) is 20.1. The molecule has 6 nitrogen and oxygen atoms in total. The van der Waals surface area contributed by atoms with Crippen molar-refractivity contribution in [2.75, 3.05) is 40.8 Å². The summed E-state index contributed by atoms with van der Waals surface area (Å²) in [6.45, 7) is 3.33. The van der Waals surface area contributed by atoms with Gasteiger partial charge in [0.25, 0.3) is 5.91 Å². The molecule has 1 N–H and O–H groups in total. The van der Waals surface area contributed by atoms with Crippen LogP contribution in [0, 0.1) is 11.7 Å². The minimum atomic E-state index is -0.536. The Morgan fingerprint density at radius 3 is 2.68 bits per heavy atom. The number of halogens is 1. The number of pyridine rings is 1. The van der Waals surface area contributed by atoms with E-state index in [-0.39, 0.29) is 17.7 Å². The molecule has 1 saturated heterocycles. The molecule has 2 atom stereocenters. The van der Waals surface area contributed by atoms with Gasteiger partial charge in [0, 0.05) is 56.1 Å². The second-order valence-corrected chi connectivity index (χ2v) is 7.50. The van der Waals surface area contributed by atoms with Crippen LogP contribution in [0.5, 0.6) is 5.75 Å². The molecule has 2 aromatic rings. The molecule has 150 valence electrons. The molecular formula is C21H27FN4O2. The lowest BCUT2D eigenvalue weighted by Crippen LogP contribution is -2.43. The summed E-state index contributed by atoms with van der Waals surface area (Å²) in [5.41, 5.74) is 1.50. The van der Waals surface area contributed by atoms with Gasteiger partial charge in [-0.25, -0.2) is 4.39 Å². The van der Waals surface area contributed by atoms with Crippen molar-refractivity contribution in [3.05, 3.63) is 59.7 Å². The zero-order valence-electron chi connectivity index (χ0n) is 16.6. The average Bonchev–Trinajstić information content (AvgIpc) is 3.02. The molecule has 7 heteroatoms. The van der Waals surface area contributed by atoms with E-state index in [2.05, 4.69) is 20.1 Å². The van der Waals surface area contributed by atoms with Gasteiger partial charge >= 0.3 is 0 Å². The van der Waals surface area contributed by atoms with Crippen LogP contribution in [0.1, 0.15) is 15.9 Å². The van der Waals surface area contributed by atoms with E-state index in [1.807, 2.05) is 26.2 Å². The maximum Gasteiger partial charge on any atom is 0.251 e. The summed E-state index contributed by atoms with van der Waals surface area (Å²) in [7, 11) is 5.46. The topological polar surface area (TPSA) is 57.7 Å². The highest BCUT2D eigenvalue weighted by molar-refractivity contribution is 5.94. The first-order chi connectivity index (χ1) is 13.5. The zero-order valence-corrected chi connectivity index (χ0v) is 16.6. The van der Waals surface area contributed by atoms with Gasteiger partial charge in [-0.3, -0.25) is 14.7 Å². The summed E-state index contributed by atoms with van der Waals surface area (Å²) in [6, 6.07) is 8.30. The maximum atomic E-state index is 14.0. The molecule has 2 heterocycles. The summed E-state index contributed by atoms with van der Waals surface area (Å²) < 4.78 is 18.9. The van der Waals surface area contributed by atoms with Crippen molar-refractivity contribution in [1.29, 1.82) is 0 Å². The maximum absolute atomic E-state index is 14.0. The van der Waals surface area contributed by atoms with Crippen molar-refractivity contribution in [3.63, 3.8) is 0 Å². The summed E-state index contributed by atoms with van der Waals surface area (Å²) in [4.78, 5) is 21.2. The fraction of sp³-hybridized carbons (Fsp3) is 0.429. The minimum absolute atomic E-state index is 0.00176. The van der Waals surface area contributed by atoms with Gasteiger partial charge in [-0.1, -0.05) is 0 Å². The van der Waals surface area contributed by atoms with Crippen LogP contribution in [0.4, 0.5) is 4.39 Å². The molecule has 1 aliphatic heterocycles. The first-order valence-electron chi connectivity index (χ1n) is 9.36. The van der Waals surface area contributed by atoms with Crippen molar-refractivity contribution in [2.24, 2.45) is 5.92 Å². The van der Waals surface area contributed by atoms with Gasteiger partial charge in [-0.2, -0.15) is 0 Å². The minimum Gasteiger partial charge on any atom is -0.494 e. The number of methoxy groups -OCH3 is 1. The number of hydrogen-bond acceptors (Lipinski definition) is 5. The summed E-state index contributed by atoms with van der Waals surface area (Å²) >= 11 is 0. The summed E-state index contributed by atoms with van der Waals surface area (Å²) in [5, 5.41) is 3.10. The fourth-order valence-corrected chi connectivity index (χ4v) is 3.71. The number of rotatable bonds is 7. The van der Waals surface area contributed by atoms with Crippen molar-refractivity contribution in [3.8, 4) is 5.75 Å². The average molecular weight is 386 g/mol. The predicted octanol–water partition coefficient (Wildman–Crippen LogP) is 2.02. The van der Waals surface area contributed by atoms with E-state index in [0.29, 0.717) is 11.5 Å². The number of carbonyl (C=O) groups is 1. The van der Waals surface area contributed by atoms with Gasteiger partial charge in [0.2, 0.25) is 0 Å². The van der Waals surface area contributed by atoms with E-state index >= 15 is 0 Å². The molecule has 28 heavy (non-hydrogen) atoms. The van der Waals surface area contributed by atoms with Crippen LogP contribution in [0.3, 0.4) is 0 Å². The lowest BCUT2D eigenvalue weighted by Gasteiger charge is -2.23. The Morgan fingerprint density at radius 1 is 1.29 bits per heavy atom. The Kier molecular flexibility index (Phi) is 6.59. The molecule has 1 aromatic heterocycles. The number of benzene rings is 1. The van der Waals surface area contributed by atoms with E-state index < -0.39 is 5.82 Å². The quantitative estimate of drug-likeness (QED) is 0.789. The van der Waals surface area contributed by atoms with Gasteiger partial charge in [0.05, 0.1) is 7.11 Å². The molecule has 0 radical (unpaired) electrons. The summed E-state index contributed by atoms with van der Waals surface area (Å²) in [6.07, 6.45) is 3.58. The van der Waals surface area contributed by atoms with Gasteiger partial charge < -0.3 is 15.0 Å². The Morgan fingerprint density at radius 2 is 2.04 bits per heavy atom. The SMILES string of the molecule is COc1ccc(C(=O)N[C@@H]2CN(Cc3ccncc3)C[C@H]2CN(C)C)cc1F. The fourth-order valence-electron chi connectivity index (χ4n) is 3.71. The molecule has 0 spiro atoms. The third-order valence-electron chi connectivity index (χ3n) is 5.00. The highest BCUT2D eigenvalue weighted by atomic mass is 19.1. The second kappa shape index (κ2) is 9.12. The molecule has 1 aliphatic rings. The lowest BCUT2D eigenvalue weighted by molar-refractivity contribution is 0.0926. The molecule has 0 bridgehead atoms. The van der Waals surface area contributed by atoms with Crippen LogP contribution in [0.25, 0.3) is 0 Å². The van der Waals surface area contributed by atoms with E-state index in [1.165, 1.54) is 24.8 Å². The number of likely N-dealkylation sites (tertiary alicyclic amines) is 1. The van der Waals surface area contributed by atoms with Crippen LogP contribution in [-0.2, 0) is 6.54 Å². The van der Waals surface area contributed by atoms with Crippen LogP contribution < -0.4 is 10.1 Å². The molecule has 3 rings (SSSR count). The number of nitrogens with zero attached hydrogens (tertiary/aromatic N) is 3. The number of amides is 1. The second-order valence-electron chi connectivity index (χ2n) is 7.50. The van der Waals surface area contributed by atoms with Crippen molar-refractivity contribution in [2.45, 2.75) is 12.6 Å². The molecule has 0 aliphatic carbocycles. The lowest BCUT2D eigenvalue weighted by atomic mass is 10.0. The van der Waals surface area contributed by atoms with Gasteiger partial charge in [0.15, 0.2) is 11.6 Å². The van der Waals surface area contributed by atoms with Crippen molar-refractivity contribution < 1.29 is 13.9 Å². The number of aromatic nitrogens is 1. The molecular weight excluding hydrogens is 359 g/mol. The largest absolute Gasteiger partial charge is 0.494 e. The van der Waals surface area contributed by atoms with E-state index in [0.717, 1.165) is 26.2 Å². The Hall–Kier alpha value is -2.51. The van der Waals surface area contributed by atoms with Gasteiger partial charge in [-0.15, -0.1) is 0 Å². The molecule has 1 aromatic carbocycles. The highest BCUT2D eigenvalue weighted by Gasteiger charge is 2.34. The van der Waals surface area contributed by atoms with E-state index in [4.69, 9.17) is 4.74 Å². The van der Waals surface area contributed by atoms with Crippen molar-refractivity contribution in [1.82, 2.24) is 20.1 Å². The highest BCUT2D eigenvalue weighted by Crippen LogP contribution is 2.22. The third-order valence-corrected chi connectivity index (χ3v) is 5.00. The summed E-state index contributed by atoms with van der Waals surface area (Å²) in [5.74, 6) is -0.373. The Balaban J connectivity index is 1.68. The first-order valence-corrected chi connectivity index (χ1v) is 9.36.